The summed E-state index contributed by atoms with van der Waals surface area (Å²) < 4.78 is 4.70. The average Bonchev–Trinajstić information content (AvgIpc) is 2.29. The van der Waals surface area contributed by atoms with E-state index < -0.39 is 17.7 Å². The van der Waals surface area contributed by atoms with Crippen LogP contribution >= 0.6 is 0 Å². The highest BCUT2D eigenvalue weighted by Crippen LogP contribution is 2.06. The fraction of sp³-hybridized carbons (Fsp3) is 0.167. The lowest BCUT2D eigenvalue weighted by molar-refractivity contribution is -0.302. The van der Waals surface area contributed by atoms with Crippen molar-refractivity contribution in [3.63, 3.8) is 0 Å². The summed E-state index contributed by atoms with van der Waals surface area (Å²) in [6.45, 7) is 1.74. The predicted molar refractivity (Wildman–Crippen MR) is 55.2 cm³/mol. The normalized spacial score (nSPS) is 10.9. The van der Waals surface area contributed by atoms with E-state index in [0.29, 0.717) is 12.0 Å². The number of rotatable bonds is 4. The molecule has 0 saturated carbocycles. The zero-order valence-corrected chi connectivity index (χ0v) is 8.80. The van der Waals surface area contributed by atoms with Crippen LogP contribution in [0.2, 0.25) is 0 Å². The number of ether oxygens (including phenoxy) is 1. The van der Waals surface area contributed by atoms with E-state index in [9.17, 15) is 14.7 Å². The summed E-state index contributed by atoms with van der Waals surface area (Å²) >= 11 is 0. The van der Waals surface area contributed by atoms with Crippen molar-refractivity contribution in [2.75, 3.05) is 0 Å². The van der Waals surface area contributed by atoms with Gasteiger partial charge in [0.15, 0.2) is 0 Å². The molecule has 16 heavy (non-hydrogen) atoms. The van der Waals surface area contributed by atoms with Gasteiger partial charge in [0, 0.05) is 0 Å². The number of hydrogen-bond donors (Lipinski definition) is 0. The molecule has 0 spiro atoms. The third-order valence-corrected chi connectivity index (χ3v) is 1.80. The first kappa shape index (κ1) is 12.0. The quantitative estimate of drug-likeness (QED) is 0.428. The van der Waals surface area contributed by atoms with E-state index in [-0.39, 0.29) is 0 Å². The Morgan fingerprint density at radius 1 is 1.31 bits per heavy atom. The third-order valence-electron chi connectivity index (χ3n) is 1.80. The standard InChI is InChI=1S/C12H12O4/c1-2-6-10(11(13)14)16-12(15)9-7-4-3-5-8-9/h3-8H,2H2,1H3,(H,13,14)/p-1/b10-6+. The highest BCUT2D eigenvalue weighted by molar-refractivity contribution is 5.94. The number of hydrogen-bond acceptors (Lipinski definition) is 4. The number of carboxylic acids is 1. The maximum absolute atomic E-state index is 11.5. The van der Waals surface area contributed by atoms with Crippen LogP contribution in [0.3, 0.4) is 0 Å². The number of aliphatic carboxylic acids is 1. The molecule has 0 atom stereocenters. The van der Waals surface area contributed by atoms with E-state index in [1.165, 1.54) is 6.08 Å². The van der Waals surface area contributed by atoms with Crippen LogP contribution in [-0.4, -0.2) is 11.9 Å². The van der Waals surface area contributed by atoms with E-state index in [1.807, 2.05) is 0 Å². The average molecular weight is 219 g/mol. The highest BCUT2D eigenvalue weighted by atomic mass is 16.6. The maximum atomic E-state index is 11.5. The SMILES string of the molecule is CC/C=C(/OC(=O)c1ccccc1)C(=O)[O-]. The Bertz CT molecular complexity index is 406. The molecule has 0 heterocycles. The molecular weight excluding hydrogens is 208 g/mol. The van der Waals surface area contributed by atoms with Crippen molar-refractivity contribution in [2.45, 2.75) is 13.3 Å². The van der Waals surface area contributed by atoms with E-state index in [0.717, 1.165) is 0 Å². The highest BCUT2D eigenvalue weighted by Gasteiger charge is 2.09. The summed E-state index contributed by atoms with van der Waals surface area (Å²) in [7, 11) is 0. The van der Waals surface area contributed by atoms with Gasteiger partial charge in [-0.25, -0.2) is 4.79 Å². The summed E-state index contributed by atoms with van der Waals surface area (Å²) in [6.07, 6.45) is 1.74. The van der Waals surface area contributed by atoms with Gasteiger partial charge < -0.3 is 14.6 Å². The molecule has 84 valence electrons. The second-order valence-corrected chi connectivity index (χ2v) is 3.02. The van der Waals surface area contributed by atoms with Gasteiger partial charge in [0.05, 0.1) is 5.56 Å². The van der Waals surface area contributed by atoms with Gasteiger partial charge in [-0.3, -0.25) is 0 Å². The molecule has 0 aliphatic rings. The Kier molecular flexibility index (Phi) is 4.27. The Morgan fingerprint density at radius 3 is 2.44 bits per heavy atom. The number of allylic oxidation sites excluding steroid dienone is 1. The fourth-order valence-electron chi connectivity index (χ4n) is 1.09. The van der Waals surface area contributed by atoms with E-state index >= 15 is 0 Å². The molecule has 0 amide bonds. The van der Waals surface area contributed by atoms with Gasteiger partial charge in [0.1, 0.15) is 11.7 Å². The smallest absolute Gasteiger partial charge is 0.343 e. The van der Waals surface area contributed by atoms with Crippen molar-refractivity contribution in [1.82, 2.24) is 0 Å². The lowest BCUT2D eigenvalue weighted by atomic mass is 10.2. The van der Waals surface area contributed by atoms with Crippen LogP contribution in [0.15, 0.2) is 42.2 Å². The first-order chi connectivity index (χ1) is 7.65. The van der Waals surface area contributed by atoms with Gasteiger partial charge in [0.25, 0.3) is 0 Å². The molecule has 0 aliphatic heterocycles. The summed E-state index contributed by atoms with van der Waals surface area (Å²) in [5.74, 6) is -2.65. The maximum Gasteiger partial charge on any atom is 0.343 e. The summed E-state index contributed by atoms with van der Waals surface area (Å²) in [5.41, 5.74) is 0.297. The summed E-state index contributed by atoms with van der Waals surface area (Å²) in [4.78, 5) is 22.1. The number of carboxylic acid groups (broad SMARTS) is 1. The molecule has 0 aromatic heterocycles. The Balaban J connectivity index is 2.78. The predicted octanol–water partition coefficient (Wildman–Crippen LogP) is 0.887. The lowest BCUT2D eigenvalue weighted by Gasteiger charge is -2.09. The molecule has 1 aromatic carbocycles. The molecule has 0 saturated heterocycles. The zero-order valence-electron chi connectivity index (χ0n) is 8.80. The minimum atomic E-state index is -1.49. The molecule has 0 unspecified atom stereocenters. The summed E-state index contributed by atoms with van der Waals surface area (Å²) in [5, 5.41) is 10.6. The Morgan fingerprint density at radius 2 is 1.94 bits per heavy atom. The van der Waals surface area contributed by atoms with Crippen LogP contribution < -0.4 is 5.11 Å². The zero-order chi connectivity index (χ0) is 12.0. The second-order valence-electron chi connectivity index (χ2n) is 3.02. The largest absolute Gasteiger partial charge is 0.542 e. The van der Waals surface area contributed by atoms with Crippen molar-refractivity contribution in [3.05, 3.63) is 47.7 Å². The molecular formula is C12H11O4-. The first-order valence-corrected chi connectivity index (χ1v) is 4.84. The first-order valence-electron chi connectivity index (χ1n) is 4.84. The van der Waals surface area contributed by atoms with Gasteiger partial charge >= 0.3 is 5.97 Å². The molecule has 0 aliphatic carbocycles. The van der Waals surface area contributed by atoms with Crippen LogP contribution in [0.4, 0.5) is 0 Å². The third kappa shape index (κ3) is 3.24. The van der Waals surface area contributed by atoms with Gasteiger partial charge in [0.2, 0.25) is 0 Å². The summed E-state index contributed by atoms with van der Waals surface area (Å²) in [6, 6.07) is 8.16. The van der Waals surface area contributed by atoms with Crippen molar-refractivity contribution in [1.29, 1.82) is 0 Å². The van der Waals surface area contributed by atoms with Crippen LogP contribution in [0.1, 0.15) is 23.7 Å². The van der Waals surface area contributed by atoms with Crippen LogP contribution in [0, 0.1) is 0 Å². The van der Waals surface area contributed by atoms with Gasteiger partial charge in [-0.2, -0.15) is 0 Å². The minimum Gasteiger partial charge on any atom is -0.542 e. The number of carbonyl (C=O) groups is 2. The van der Waals surface area contributed by atoms with Gasteiger partial charge in [-0.05, 0) is 24.6 Å². The molecule has 0 N–H and O–H groups in total. The van der Waals surface area contributed by atoms with E-state index in [1.54, 1.807) is 37.3 Å². The Hall–Kier alpha value is -2.10. The topological polar surface area (TPSA) is 66.4 Å². The minimum absolute atomic E-state index is 0.297. The molecule has 4 nitrogen and oxygen atoms in total. The van der Waals surface area contributed by atoms with Crippen molar-refractivity contribution >= 4 is 11.9 Å². The molecule has 0 fully saturated rings. The fourth-order valence-corrected chi connectivity index (χ4v) is 1.09. The molecule has 4 heteroatoms. The van der Waals surface area contributed by atoms with Crippen LogP contribution in [-0.2, 0) is 9.53 Å². The van der Waals surface area contributed by atoms with Crippen LogP contribution in [0.5, 0.6) is 0 Å². The molecule has 0 bridgehead atoms. The van der Waals surface area contributed by atoms with E-state index in [4.69, 9.17) is 4.74 Å². The van der Waals surface area contributed by atoms with Crippen molar-refractivity contribution < 1.29 is 19.4 Å². The molecule has 1 rings (SSSR count). The van der Waals surface area contributed by atoms with Gasteiger partial charge in [-0.15, -0.1) is 0 Å². The van der Waals surface area contributed by atoms with Crippen LogP contribution in [0.25, 0.3) is 0 Å². The number of esters is 1. The van der Waals surface area contributed by atoms with E-state index in [2.05, 4.69) is 0 Å². The Labute approximate surface area is 93.2 Å². The second kappa shape index (κ2) is 5.70. The molecule has 0 radical (unpaired) electrons. The van der Waals surface area contributed by atoms with Crippen molar-refractivity contribution in [2.24, 2.45) is 0 Å². The number of carbonyl (C=O) groups excluding carboxylic acids is 2. The number of benzene rings is 1. The molecule has 1 aromatic rings. The lowest BCUT2D eigenvalue weighted by Crippen LogP contribution is -2.27. The van der Waals surface area contributed by atoms with Crippen molar-refractivity contribution in [3.8, 4) is 0 Å². The van der Waals surface area contributed by atoms with Gasteiger partial charge in [-0.1, -0.05) is 25.1 Å². The monoisotopic (exact) mass is 219 g/mol.